The number of carbonyl (C=O) groups is 3. The lowest BCUT2D eigenvalue weighted by Gasteiger charge is -2.46. The van der Waals surface area contributed by atoms with E-state index in [-0.39, 0.29) is 48.4 Å². The van der Waals surface area contributed by atoms with Crippen LogP contribution in [0.3, 0.4) is 0 Å². The van der Waals surface area contributed by atoms with Crippen LogP contribution >= 0.6 is 11.8 Å². The number of thioether (sulfide) groups is 1. The van der Waals surface area contributed by atoms with Gasteiger partial charge in [-0.2, -0.15) is 0 Å². The van der Waals surface area contributed by atoms with Gasteiger partial charge in [-0.3, -0.25) is 14.5 Å². The zero-order chi connectivity index (χ0) is 30.1. The molecule has 0 aliphatic carbocycles. The summed E-state index contributed by atoms with van der Waals surface area (Å²) in [6.07, 6.45) is 3.10. The molecular formula is C31H35FN6O4S. The molecule has 0 spiro atoms. The van der Waals surface area contributed by atoms with E-state index in [0.29, 0.717) is 42.3 Å². The van der Waals surface area contributed by atoms with Crippen LogP contribution < -0.4 is 31.3 Å². The molecule has 3 fully saturated rings. The Morgan fingerprint density at radius 1 is 1.19 bits per heavy atom. The molecule has 43 heavy (non-hydrogen) atoms. The average Bonchev–Trinajstić information content (AvgIpc) is 3.38. The Labute approximate surface area is 253 Å². The Morgan fingerprint density at radius 2 is 2.00 bits per heavy atom. The topological polar surface area (TPSA) is 129 Å². The Hall–Kier alpha value is -3.87. The van der Waals surface area contributed by atoms with Gasteiger partial charge in [-0.1, -0.05) is 30.0 Å². The van der Waals surface area contributed by atoms with E-state index in [1.807, 2.05) is 60.4 Å². The van der Waals surface area contributed by atoms with Crippen molar-refractivity contribution in [1.82, 2.24) is 20.9 Å². The van der Waals surface area contributed by atoms with Gasteiger partial charge in [0.2, 0.25) is 0 Å². The minimum atomic E-state index is -0.880. The SMILES string of the molecule is Cc1cc(Oc2ccccc2)ccc1N1C(=O)NC2=C(C(=O)N[C@@H]3CCCN(C(=O)/C(F)=C/CN)C3)SC3NCCC1C23. The van der Waals surface area contributed by atoms with E-state index < -0.39 is 11.7 Å². The van der Waals surface area contributed by atoms with Crippen molar-refractivity contribution in [2.45, 2.75) is 43.6 Å². The first-order chi connectivity index (χ1) is 20.8. The zero-order valence-electron chi connectivity index (χ0n) is 23.8. The molecule has 0 aromatic heterocycles. The van der Waals surface area contributed by atoms with E-state index >= 15 is 0 Å². The van der Waals surface area contributed by atoms with Gasteiger partial charge in [0.15, 0.2) is 5.83 Å². The number of hydrogen-bond donors (Lipinski definition) is 4. The third kappa shape index (κ3) is 5.86. The molecule has 4 atom stereocenters. The van der Waals surface area contributed by atoms with Crippen molar-refractivity contribution in [2.75, 3.05) is 31.1 Å². The van der Waals surface area contributed by atoms with Crippen LogP contribution in [0.15, 0.2) is 71.0 Å². The predicted molar refractivity (Wildman–Crippen MR) is 163 cm³/mol. The van der Waals surface area contributed by atoms with Gasteiger partial charge in [0.25, 0.3) is 11.8 Å². The second-order valence-corrected chi connectivity index (χ2v) is 12.3. The summed E-state index contributed by atoms with van der Waals surface area (Å²) in [5, 5.41) is 9.52. The first-order valence-electron chi connectivity index (χ1n) is 14.6. The average molecular weight is 607 g/mol. The van der Waals surface area contributed by atoms with Crippen LogP contribution in [0.4, 0.5) is 14.9 Å². The highest BCUT2D eigenvalue weighted by Gasteiger charge is 2.52. The van der Waals surface area contributed by atoms with Crippen molar-refractivity contribution in [3.63, 3.8) is 0 Å². The van der Waals surface area contributed by atoms with Gasteiger partial charge < -0.3 is 31.3 Å². The molecule has 2 aromatic rings. The summed E-state index contributed by atoms with van der Waals surface area (Å²) < 4.78 is 20.1. The van der Waals surface area contributed by atoms with Crippen molar-refractivity contribution in [3.05, 3.63) is 76.6 Å². The molecule has 3 unspecified atom stereocenters. The molecule has 6 rings (SSSR count). The van der Waals surface area contributed by atoms with E-state index in [1.54, 1.807) is 0 Å². The summed E-state index contributed by atoms with van der Waals surface area (Å²) in [7, 11) is 0. The lowest BCUT2D eigenvalue weighted by Crippen LogP contribution is -2.62. The van der Waals surface area contributed by atoms with E-state index in [4.69, 9.17) is 10.5 Å². The minimum absolute atomic E-state index is 0.0617. The molecule has 4 amide bonds. The number of nitrogens with one attached hydrogen (secondary N) is 3. The van der Waals surface area contributed by atoms with Gasteiger partial charge >= 0.3 is 6.03 Å². The molecule has 4 heterocycles. The fourth-order valence-corrected chi connectivity index (χ4v) is 7.76. The zero-order valence-corrected chi connectivity index (χ0v) is 24.7. The first-order valence-corrected chi connectivity index (χ1v) is 15.5. The van der Waals surface area contributed by atoms with E-state index in [1.165, 1.54) is 16.7 Å². The molecule has 2 aromatic carbocycles. The number of nitrogens with two attached hydrogens (primary N) is 1. The normalized spacial score (nSPS) is 25.3. The van der Waals surface area contributed by atoms with Gasteiger partial charge in [0.1, 0.15) is 11.5 Å². The predicted octanol–water partition coefficient (Wildman–Crippen LogP) is 3.50. The molecular weight excluding hydrogens is 571 g/mol. The van der Waals surface area contributed by atoms with Crippen molar-refractivity contribution in [2.24, 2.45) is 11.7 Å². The number of carbonyl (C=O) groups excluding carboxylic acids is 3. The number of nitrogens with zero attached hydrogens (tertiary/aromatic N) is 2. The second-order valence-electron chi connectivity index (χ2n) is 11.1. The fraction of sp³-hybridized carbons (Fsp3) is 0.387. The number of amides is 4. The number of aryl methyl sites for hydroxylation is 1. The molecule has 3 saturated heterocycles. The maximum atomic E-state index is 14.1. The number of rotatable bonds is 7. The smallest absolute Gasteiger partial charge is 0.326 e. The Balaban J connectivity index is 1.19. The molecule has 12 heteroatoms. The molecule has 5 N–H and O–H groups in total. The van der Waals surface area contributed by atoms with Crippen molar-refractivity contribution < 1.29 is 23.5 Å². The summed E-state index contributed by atoms with van der Waals surface area (Å²) in [5.74, 6) is -0.566. The minimum Gasteiger partial charge on any atom is -0.457 e. The fourth-order valence-electron chi connectivity index (χ4n) is 6.36. The summed E-state index contributed by atoms with van der Waals surface area (Å²) in [6, 6.07) is 14.5. The maximum Gasteiger partial charge on any atom is 0.326 e. The summed E-state index contributed by atoms with van der Waals surface area (Å²) in [5.41, 5.74) is 7.68. The molecule has 0 saturated carbocycles. The summed E-state index contributed by atoms with van der Waals surface area (Å²) >= 11 is 1.42. The third-order valence-corrected chi connectivity index (χ3v) is 9.65. The summed E-state index contributed by atoms with van der Waals surface area (Å²) in [6.45, 7) is 3.23. The Kier molecular flexibility index (Phi) is 8.42. The van der Waals surface area contributed by atoms with Gasteiger partial charge in [0, 0.05) is 43.0 Å². The van der Waals surface area contributed by atoms with Crippen LogP contribution in [-0.4, -0.2) is 66.4 Å². The molecule has 4 aliphatic rings. The summed E-state index contributed by atoms with van der Waals surface area (Å²) in [4.78, 5) is 43.4. The molecule has 10 nitrogen and oxygen atoms in total. The number of benzene rings is 2. The lowest BCUT2D eigenvalue weighted by atomic mass is 9.86. The highest BCUT2D eigenvalue weighted by atomic mass is 32.2. The number of para-hydroxylation sites is 1. The van der Waals surface area contributed by atoms with Crippen LogP contribution in [0, 0.1) is 12.8 Å². The van der Waals surface area contributed by atoms with Crippen LogP contribution in [0.1, 0.15) is 24.8 Å². The Bertz CT molecular complexity index is 1480. The van der Waals surface area contributed by atoms with E-state index in [9.17, 15) is 18.8 Å². The van der Waals surface area contributed by atoms with E-state index in [2.05, 4.69) is 16.0 Å². The number of piperidine rings is 2. The van der Waals surface area contributed by atoms with Gasteiger partial charge in [-0.25, -0.2) is 9.18 Å². The highest BCUT2D eigenvalue weighted by Crippen LogP contribution is 2.48. The quantitative estimate of drug-likeness (QED) is 0.355. The number of anilines is 1. The van der Waals surface area contributed by atoms with Crippen molar-refractivity contribution in [1.29, 1.82) is 0 Å². The molecule has 4 aliphatic heterocycles. The number of urea groups is 1. The second kappa shape index (κ2) is 12.4. The molecule has 0 radical (unpaired) electrons. The third-order valence-electron chi connectivity index (χ3n) is 8.30. The molecule has 0 bridgehead atoms. The van der Waals surface area contributed by atoms with Crippen molar-refractivity contribution >= 4 is 35.3 Å². The Morgan fingerprint density at radius 3 is 2.77 bits per heavy atom. The number of ether oxygens (including phenoxy) is 1. The number of halogens is 1. The van der Waals surface area contributed by atoms with Crippen LogP contribution in [0.2, 0.25) is 0 Å². The molecule has 226 valence electrons. The van der Waals surface area contributed by atoms with Crippen LogP contribution in [-0.2, 0) is 9.59 Å². The highest BCUT2D eigenvalue weighted by molar-refractivity contribution is 8.04. The monoisotopic (exact) mass is 606 g/mol. The van der Waals surface area contributed by atoms with E-state index in [0.717, 1.165) is 29.5 Å². The van der Waals surface area contributed by atoms with Crippen LogP contribution in [0.5, 0.6) is 11.5 Å². The number of likely N-dealkylation sites (tertiary alicyclic amines) is 1. The largest absolute Gasteiger partial charge is 0.457 e. The standard InChI is InChI=1S/C31H35FN6O4S/c1-18-16-21(42-20-7-3-2-4-8-20)9-10-23(18)38-24-12-14-34-29-25(24)26(36-31(38)41)27(43-29)28(39)35-19-6-5-15-37(17-19)30(40)22(32)11-13-33/h2-4,7-11,16,19,24-25,29,34H,5-6,12-15,17,33H2,1H3,(H,35,39)(H,36,41)/b22-11-/t19-,24?,25?,29?/m1/s1. The van der Waals surface area contributed by atoms with Crippen LogP contribution in [0.25, 0.3) is 0 Å². The van der Waals surface area contributed by atoms with Crippen molar-refractivity contribution in [3.8, 4) is 11.5 Å². The van der Waals surface area contributed by atoms with Gasteiger partial charge in [0.05, 0.1) is 16.3 Å². The number of hydrogen-bond acceptors (Lipinski definition) is 7. The maximum absolute atomic E-state index is 14.1. The van der Waals surface area contributed by atoms with Gasteiger partial charge in [-0.05, 0) is 74.7 Å². The van der Waals surface area contributed by atoms with Gasteiger partial charge in [-0.15, -0.1) is 0 Å². The lowest BCUT2D eigenvalue weighted by molar-refractivity contribution is -0.130. The first kappa shape index (κ1) is 29.2.